The Bertz CT molecular complexity index is 314. The van der Waals surface area contributed by atoms with Gasteiger partial charge in [0.15, 0.2) is 6.29 Å². The molecule has 0 aromatic carbocycles. The van der Waals surface area contributed by atoms with E-state index in [1.165, 1.54) is 0 Å². The van der Waals surface area contributed by atoms with Crippen molar-refractivity contribution in [3.8, 4) is 0 Å². The van der Waals surface area contributed by atoms with E-state index in [2.05, 4.69) is 4.98 Å². The molecule has 3 nitrogen and oxygen atoms in total. The highest BCUT2D eigenvalue weighted by Gasteiger charge is 2.44. The minimum atomic E-state index is -0.416. The van der Waals surface area contributed by atoms with Crippen LogP contribution in [0.15, 0.2) is 24.4 Å². The summed E-state index contributed by atoms with van der Waals surface area (Å²) in [7, 11) is 0. The summed E-state index contributed by atoms with van der Waals surface area (Å²) < 4.78 is 11.3. The van der Waals surface area contributed by atoms with E-state index in [1.807, 2.05) is 39.0 Å². The average Bonchev–Trinajstić information content (AvgIpc) is 2.43. The summed E-state index contributed by atoms with van der Waals surface area (Å²) in [6.07, 6.45) is 1.66. The van der Waals surface area contributed by atoms with Crippen molar-refractivity contribution in [3.05, 3.63) is 30.1 Å². The summed E-state index contributed by atoms with van der Waals surface area (Å²) in [5, 5.41) is 0. The summed E-state index contributed by atoms with van der Waals surface area (Å²) in [6.45, 7) is 5.94. The Labute approximate surface area is 84.1 Å². The van der Waals surface area contributed by atoms with Crippen LogP contribution in [0.2, 0.25) is 0 Å². The molecule has 1 fully saturated rings. The molecule has 0 N–H and O–H groups in total. The van der Waals surface area contributed by atoms with Crippen LogP contribution in [0.3, 0.4) is 0 Å². The number of ether oxygens (including phenoxy) is 2. The summed E-state index contributed by atoms with van der Waals surface area (Å²) in [6, 6.07) is 5.83. The van der Waals surface area contributed by atoms with E-state index in [-0.39, 0.29) is 12.4 Å². The molecule has 3 unspecified atom stereocenters. The van der Waals surface area contributed by atoms with Crippen LogP contribution in [0.1, 0.15) is 26.5 Å². The molecule has 1 saturated heterocycles. The van der Waals surface area contributed by atoms with E-state index in [4.69, 9.17) is 9.47 Å². The van der Waals surface area contributed by atoms with E-state index >= 15 is 0 Å². The molecule has 0 spiro atoms. The molecule has 0 radical (unpaired) electrons. The summed E-state index contributed by atoms with van der Waals surface area (Å²) in [5.74, 6) is 0. The molecule has 1 aliphatic rings. The predicted octanol–water partition coefficient (Wildman–Crippen LogP) is 2.08. The first-order valence-corrected chi connectivity index (χ1v) is 4.88. The number of hydrogen-bond donors (Lipinski definition) is 0. The van der Waals surface area contributed by atoms with E-state index in [9.17, 15) is 0 Å². The molecule has 0 bridgehead atoms. The van der Waals surface area contributed by atoms with E-state index in [0.717, 1.165) is 5.69 Å². The second kappa shape index (κ2) is 3.33. The number of pyridine rings is 1. The molecule has 14 heavy (non-hydrogen) atoms. The highest BCUT2D eigenvalue weighted by Crippen LogP contribution is 2.37. The minimum absolute atomic E-state index is 0.0346. The Morgan fingerprint density at radius 3 is 2.64 bits per heavy atom. The van der Waals surface area contributed by atoms with Crippen LogP contribution in [0.5, 0.6) is 0 Å². The van der Waals surface area contributed by atoms with Crippen molar-refractivity contribution in [1.82, 2.24) is 4.98 Å². The number of nitrogens with zero attached hydrogens (tertiary/aromatic N) is 1. The molecular formula is C11H15NO2. The van der Waals surface area contributed by atoms with Crippen molar-refractivity contribution in [2.24, 2.45) is 0 Å². The lowest BCUT2D eigenvalue weighted by Gasteiger charge is -2.25. The van der Waals surface area contributed by atoms with Crippen molar-refractivity contribution >= 4 is 0 Å². The molecule has 1 aromatic heterocycles. The van der Waals surface area contributed by atoms with Gasteiger partial charge in [0.2, 0.25) is 0 Å². The maximum atomic E-state index is 5.76. The van der Waals surface area contributed by atoms with Crippen molar-refractivity contribution < 1.29 is 9.47 Å². The van der Waals surface area contributed by atoms with Crippen LogP contribution in [0.25, 0.3) is 0 Å². The Morgan fingerprint density at radius 2 is 2.14 bits per heavy atom. The van der Waals surface area contributed by atoms with Gasteiger partial charge in [-0.1, -0.05) is 6.07 Å². The van der Waals surface area contributed by atoms with E-state index < -0.39 is 5.60 Å². The molecule has 0 saturated carbocycles. The normalized spacial score (nSPS) is 37.4. The van der Waals surface area contributed by atoms with Gasteiger partial charge in [0.1, 0.15) is 5.60 Å². The quantitative estimate of drug-likeness (QED) is 0.684. The number of aromatic nitrogens is 1. The summed E-state index contributed by atoms with van der Waals surface area (Å²) in [4.78, 5) is 4.31. The first kappa shape index (κ1) is 9.62. The van der Waals surface area contributed by atoms with Gasteiger partial charge < -0.3 is 9.47 Å². The van der Waals surface area contributed by atoms with Gasteiger partial charge in [-0.25, -0.2) is 0 Å². The SMILES string of the molecule is CC1OC(C)C(C)(c2ccccn2)O1. The van der Waals surface area contributed by atoms with Crippen molar-refractivity contribution in [1.29, 1.82) is 0 Å². The van der Waals surface area contributed by atoms with Gasteiger partial charge in [0, 0.05) is 6.20 Å². The Morgan fingerprint density at radius 1 is 1.36 bits per heavy atom. The smallest absolute Gasteiger partial charge is 0.156 e. The van der Waals surface area contributed by atoms with Gasteiger partial charge in [0.05, 0.1) is 11.8 Å². The predicted molar refractivity (Wildman–Crippen MR) is 52.7 cm³/mol. The molecule has 3 atom stereocenters. The Kier molecular flexibility index (Phi) is 2.29. The fourth-order valence-electron chi connectivity index (χ4n) is 1.81. The molecular weight excluding hydrogens is 178 g/mol. The highest BCUT2D eigenvalue weighted by atomic mass is 16.7. The first-order valence-electron chi connectivity index (χ1n) is 4.88. The van der Waals surface area contributed by atoms with Gasteiger partial charge in [-0.2, -0.15) is 0 Å². The van der Waals surface area contributed by atoms with Gasteiger partial charge in [0.25, 0.3) is 0 Å². The van der Waals surface area contributed by atoms with Crippen LogP contribution in [-0.2, 0) is 15.1 Å². The third-order valence-corrected chi connectivity index (χ3v) is 2.76. The van der Waals surface area contributed by atoms with Crippen LogP contribution in [0, 0.1) is 0 Å². The third-order valence-electron chi connectivity index (χ3n) is 2.76. The lowest BCUT2D eigenvalue weighted by atomic mass is 9.96. The van der Waals surface area contributed by atoms with Gasteiger partial charge in [-0.15, -0.1) is 0 Å². The zero-order chi connectivity index (χ0) is 10.2. The fourth-order valence-corrected chi connectivity index (χ4v) is 1.81. The number of hydrogen-bond acceptors (Lipinski definition) is 3. The third kappa shape index (κ3) is 1.42. The van der Waals surface area contributed by atoms with Crippen LogP contribution < -0.4 is 0 Å². The van der Waals surface area contributed by atoms with E-state index in [0.29, 0.717) is 0 Å². The maximum absolute atomic E-state index is 5.76. The standard InChI is InChI=1S/C11H15NO2/c1-8-11(3,14-9(2)13-8)10-6-4-5-7-12-10/h4-9H,1-3H3. The number of rotatable bonds is 1. The molecule has 2 heterocycles. The maximum Gasteiger partial charge on any atom is 0.156 e. The Balaban J connectivity index is 2.33. The Hall–Kier alpha value is -0.930. The van der Waals surface area contributed by atoms with Crippen LogP contribution in [0.4, 0.5) is 0 Å². The average molecular weight is 193 g/mol. The zero-order valence-electron chi connectivity index (χ0n) is 8.73. The topological polar surface area (TPSA) is 31.4 Å². The van der Waals surface area contributed by atoms with Crippen molar-refractivity contribution in [2.75, 3.05) is 0 Å². The van der Waals surface area contributed by atoms with Crippen LogP contribution >= 0.6 is 0 Å². The molecule has 0 aliphatic carbocycles. The van der Waals surface area contributed by atoms with Gasteiger partial charge in [-0.3, -0.25) is 4.98 Å². The first-order chi connectivity index (χ1) is 6.63. The van der Waals surface area contributed by atoms with Crippen molar-refractivity contribution in [2.45, 2.75) is 38.8 Å². The fraction of sp³-hybridized carbons (Fsp3) is 0.545. The molecule has 0 amide bonds. The van der Waals surface area contributed by atoms with Crippen LogP contribution in [-0.4, -0.2) is 17.4 Å². The summed E-state index contributed by atoms with van der Waals surface area (Å²) >= 11 is 0. The lowest BCUT2D eigenvalue weighted by Crippen LogP contribution is -2.32. The highest BCUT2D eigenvalue weighted by molar-refractivity contribution is 5.15. The van der Waals surface area contributed by atoms with Gasteiger partial charge >= 0.3 is 0 Å². The van der Waals surface area contributed by atoms with Crippen molar-refractivity contribution in [3.63, 3.8) is 0 Å². The molecule has 1 aromatic rings. The molecule has 2 rings (SSSR count). The summed E-state index contributed by atoms with van der Waals surface area (Å²) in [5.41, 5.74) is 0.512. The van der Waals surface area contributed by atoms with E-state index in [1.54, 1.807) is 6.20 Å². The second-order valence-electron chi connectivity index (χ2n) is 3.79. The minimum Gasteiger partial charge on any atom is -0.347 e. The lowest BCUT2D eigenvalue weighted by molar-refractivity contribution is -0.0746. The largest absolute Gasteiger partial charge is 0.347 e. The van der Waals surface area contributed by atoms with Gasteiger partial charge in [-0.05, 0) is 32.9 Å². The molecule has 1 aliphatic heterocycles. The molecule has 76 valence electrons. The zero-order valence-corrected chi connectivity index (χ0v) is 8.73. The molecule has 3 heteroatoms. The monoisotopic (exact) mass is 193 g/mol. The second-order valence-corrected chi connectivity index (χ2v) is 3.79.